The van der Waals surface area contributed by atoms with Gasteiger partial charge in [0.25, 0.3) is 0 Å². The molecular weight excluding hydrogens is 196 g/mol. The molecule has 3 heteroatoms. The summed E-state index contributed by atoms with van der Waals surface area (Å²) in [5, 5.41) is 4.15. The van der Waals surface area contributed by atoms with Crippen LogP contribution in [0.15, 0.2) is 18.2 Å². The fourth-order valence-corrected chi connectivity index (χ4v) is 2.21. The van der Waals surface area contributed by atoms with E-state index in [4.69, 9.17) is 17.3 Å². The van der Waals surface area contributed by atoms with Gasteiger partial charge in [-0.3, -0.25) is 0 Å². The lowest BCUT2D eigenvalue weighted by atomic mass is 9.95. The summed E-state index contributed by atoms with van der Waals surface area (Å²) in [4.78, 5) is 0. The SMILES string of the molecule is CC(N)CC1CNc2cc(Cl)ccc21. The maximum absolute atomic E-state index is 5.91. The molecule has 2 nitrogen and oxygen atoms in total. The molecule has 0 bridgehead atoms. The summed E-state index contributed by atoms with van der Waals surface area (Å²) in [6.07, 6.45) is 1.03. The molecular formula is C11H15ClN2. The predicted octanol–water partition coefficient (Wildman–Crippen LogP) is 2.59. The molecule has 0 amide bonds. The van der Waals surface area contributed by atoms with Crippen molar-refractivity contribution in [1.29, 1.82) is 0 Å². The second kappa shape index (κ2) is 3.79. The molecule has 1 aliphatic rings. The predicted molar refractivity (Wildman–Crippen MR) is 60.9 cm³/mol. The summed E-state index contributed by atoms with van der Waals surface area (Å²) in [7, 11) is 0. The van der Waals surface area contributed by atoms with Crippen LogP contribution in [0.3, 0.4) is 0 Å². The largest absolute Gasteiger partial charge is 0.384 e. The van der Waals surface area contributed by atoms with Crippen molar-refractivity contribution in [2.45, 2.75) is 25.3 Å². The maximum Gasteiger partial charge on any atom is 0.0426 e. The van der Waals surface area contributed by atoms with Gasteiger partial charge in [-0.25, -0.2) is 0 Å². The topological polar surface area (TPSA) is 38.0 Å². The van der Waals surface area contributed by atoms with E-state index in [1.54, 1.807) is 0 Å². The van der Waals surface area contributed by atoms with Gasteiger partial charge in [0.1, 0.15) is 0 Å². The first-order chi connectivity index (χ1) is 6.66. The Morgan fingerprint density at radius 1 is 1.64 bits per heavy atom. The van der Waals surface area contributed by atoms with Crippen LogP contribution >= 0.6 is 11.6 Å². The number of nitrogens with one attached hydrogen (secondary N) is 1. The van der Waals surface area contributed by atoms with Crippen LogP contribution in [0.5, 0.6) is 0 Å². The molecule has 3 N–H and O–H groups in total. The van der Waals surface area contributed by atoms with Crippen molar-refractivity contribution in [3.8, 4) is 0 Å². The number of anilines is 1. The molecule has 0 spiro atoms. The van der Waals surface area contributed by atoms with Gasteiger partial charge in [-0.1, -0.05) is 17.7 Å². The molecule has 1 heterocycles. The molecule has 2 atom stereocenters. The molecule has 2 rings (SSSR count). The molecule has 0 saturated carbocycles. The van der Waals surface area contributed by atoms with Crippen LogP contribution in [0.25, 0.3) is 0 Å². The standard InChI is InChI=1S/C11H15ClN2/c1-7(13)4-8-6-14-11-5-9(12)2-3-10(8)11/h2-3,5,7-8,14H,4,6,13H2,1H3. The average Bonchev–Trinajstić information content (AvgIpc) is 2.47. The van der Waals surface area contributed by atoms with Crippen LogP contribution in [0.1, 0.15) is 24.8 Å². The summed E-state index contributed by atoms with van der Waals surface area (Å²) in [5.74, 6) is 0.544. The second-order valence-electron chi connectivity index (χ2n) is 4.02. The third-order valence-corrected chi connectivity index (χ3v) is 2.89. The van der Waals surface area contributed by atoms with Gasteiger partial charge in [-0.05, 0) is 31.0 Å². The minimum atomic E-state index is 0.253. The molecule has 1 aliphatic heterocycles. The van der Waals surface area contributed by atoms with Gasteiger partial charge in [0.2, 0.25) is 0 Å². The summed E-state index contributed by atoms with van der Waals surface area (Å²) in [6, 6.07) is 6.29. The minimum Gasteiger partial charge on any atom is -0.384 e. The fraction of sp³-hybridized carbons (Fsp3) is 0.455. The van der Waals surface area contributed by atoms with Crippen molar-refractivity contribution in [3.63, 3.8) is 0 Å². The number of rotatable bonds is 2. The summed E-state index contributed by atoms with van der Waals surface area (Å²) in [6.45, 7) is 3.03. The highest BCUT2D eigenvalue weighted by Gasteiger charge is 2.22. The van der Waals surface area contributed by atoms with Crippen LogP contribution < -0.4 is 11.1 Å². The monoisotopic (exact) mass is 210 g/mol. The molecule has 1 aromatic rings. The Labute approximate surface area is 89.4 Å². The van der Waals surface area contributed by atoms with Crippen LogP contribution in [0.2, 0.25) is 5.02 Å². The van der Waals surface area contributed by atoms with Gasteiger partial charge < -0.3 is 11.1 Å². The van der Waals surface area contributed by atoms with Crippen LogP contribution in [0, 0.1) is 0 Å². The number of hydrogen-bond donors (Lipinski definition) is 2. The first kappa shape index (κ1) is 9.81. The van der Waals surface area contributed by atoms with Crippen LogP contribution in [-0.2, 0) is 0 Å². The molecule has 0 fully saturated rings. The van der Waals surface area contributed by atoms with Gasteiger partial charge in [0, 0.05) is 29.2 Å². The summed E-state index contributed by atoms with van der Waals surface area (Å²) >= 11 is 5.91. The molecule has 0 radical (unpaired) electrons. The fourth-order valence-electron chi connectivity index (χ4n) is 2.04. The van der Waals surface area contributed by atoms with Crippen molar-refractivity contribution in [2.75, 3.05) is 11.9 Å². The van der Waals surface area contributed by atoms with E-state index in [2.05, 4.69) is 11.4 Å². The third-order valence-electron chi connectivity index (χ3n) is 2.65. The van der Waals surface area contributed by atoms with Crippen molar-refractivity contribution in [1.82, 2.24) is 0 Å². The molecule has 0 aliphatic carbocycles. The molecule has 2 unspecified atom stereocenters. The van der Waals surface area contributed by atoms with Gasteiger partial charge >= 0.3 is 0 Å². The Kier molecular flexibility index (Phi) is 2.66. The summed E-state index contributed by atoms with van der Waals surface area (Å²) < 4.78 is 0. The van der Waals surface area contributed by atoms with E-state index in [-0.39, 0.29) is 6.04 Å². The third kappa shape index (κ3) is 1.86. The van der Waals surface area contributed by atoms with Crippen molar-refractivity contribution in [2.24, 2.45) is 5.73 Å². The number of nitrogens with two attached hydrogens (primary N) is 1. The Morgan fingerprint density at radius 2 is 2.43 bits per heavy atom. The van der Waals surface area contributed by atoms with E-state index in [0.717, 1.165) is 18.0 Å². The highest BCUT2D eigenvalue weighted by atomic mass is 35.5. The highest BCUT2D eigenvalue weighted by Crippen LogP contribution is 2.35. The van der Waals surface area contributed by atoms with Crippen molar-refractivity contribution < 1.29 is 0 Å². The van der Waals surface area contributed by atoms with Crippen LogP contribution in [0.4, 0.5) is 5.69 Å². The zero-order chi connectivity index (χ0) is 10.1. The van der Waals surface area contributed by atoms with Crippen molar-refractivity contribution in [3.05, 3.63) is 28.8 Å². The normalized spacial score (nSPS) is 21.5. The van der Waals surface area contributed by atoms with Crippen LogP contribution in [-0.4, -0.2) is 12.6 Å². The van der Waals surface area contributed by atoms with Crippen molar-refractivity contribution >= 4 is 17.3 Å². The molecule has 76 valence electrons. The average molecular weight is 211 g/mol. The lowest BCUT2D eigenvalue weighted by Gasteiger charge is -2.12. The first-order valence-electron chi connectivity index (χ1n) is 4.95. The van der Waals surface area contributed by atoms with E-state index >= 15 is 0 Å². The Bertz CT molecular complexity index is 336. The van der Waals surface area contributed by atoms with E-state index in [1.807, 2.05) is 19.1 Å². The molecule has 1 aromatic carbocycles. The lowest BCUT2D eigenvalue weighted by Crippen LogP contribution is -2.19. The lowest BCUT2D eigenvalue weighted by molar-refractivity contribution is 0.584. The number of hydrogen-bond acceptors (Lipinski definition) is 2. The number of halogens is 1. The van der Waals surface area contributed by atoms with E-state index in [9.17, 15) is 0 Å². The van der Waals surface area contributed by atoms with Gasteiger partial charge in [0.05, 0.1) is 0 Å². The zero-order valence-electron chi connectivity index (χ0n) is 8.26. The second-order valence-corrected chi connectivity index (χ2v) is 4.46. The number of benzene rings is 1. The van der Waals surface area contributed by atoms with Gasteiger partial charge in [-0.2, -0.15) is 0 Å². The zero-order valence-corrected chi connectivity index (χ0v) is 9.01. The smallest absolute Gasteiger partial charge is 0.0426 e. The minimum absolute atomic E-state index is 0.253. The molecule has 0 saturated heterocycles. The Hall–Kier alpha value is -0.730. The van der Waals surface area contributed by atoms with E-state index < -0.39 is 0 Å². The van der Waals surface area contributed by atoms with E-state index in [0.29, 0.717) is 5.92 Å². The number of fused-ring (bicyclic) bond motifs is 1. The first-order valence-corrected chi connectivity index (χ1v) is 5.33. The van der Waals surface area contributed by atoms with Gasteiger partial charge in [0.15, 0.2) is 0 Å². The summed E-state index contributed by atoms with van der Waals surface area (Å²) in [5.41, 5.74) is 8.33. The Balaban J connectivity index is 2.22. The van der Waals surface area contributed by atoms with E-state index in [1.165, 1.54) is 11.3 Å². The van der Waals surface area contributed by atoms with Gasteiger partial charge in [-0.15, -0.1) is 0 Å². The maximum atomic E-state index is 5.91. The highest BCUT2D eigenvalue weighted by molar-refractivity contribution is 6.30. The molecule has 0 aromatic heterocycles. The molecule has 14 heavy (non-hydrogen) atoms. The quantitative estimate of drug-likeness (QED) is 0.788. The Morgan fingerprint density at radius 3 is 3.14 bits per heavy atom.